The first-order valence-electron chi connectivity index (χ1n) is 6.20. The largest absolute Gasteiger partial charge is 0.322 e. The van der Waals surface area contributed by atoms with Crippen molar-refractivity contribution in [2.24, 2.45) is 5.73 Å². The van der Waals surface area contributed by atoms with E-state index in [1.54, 1.807) is 0 Å². The van der Waals surface area contributed by atoms with Crippen LogP contribution < -0.4 is 11.1 Å². The average Bonchev–Trinajstić information content (AvgIpc) is 2.71. The Balaban J connectivity index is 2.00. The van der Waals surface area contributed by atoms with Gasteiger partial charge in [0.05, 0.1) is 23.1 Å². The molecule has 1 amide bonds. The zero-order valence-electron chi connectivity index (χ0n) is 11.1. The number of hydrogen-bond donors (Lipinski definition) is 3. The van der Waals surface area contributed by atoms with Crippen LogP contribution in [0.15, 0.2) is 30.3 Å². The Morgan fingerprint density at radius 1 is 1.37 bits per heavy atom. The number of nitrogens with zero attached hydrogens (tertiary/aromatic N) is 1. The van der Waals surface area contributed by atoms with Crippen molar-refractivity contribution in [3.05, 3.63) is 47.3 Å². The first-order chi connectivity index (χ1) is 9.08. The number of aromatic amines is 1. The van der Waals surface area contributed by atoms with Crippen LogP contribution in [-0.4, -0.2) is 22.1 Å². The molecule has 0 radical (unpaired) electrons. The fourth-order valence-electron chi connectivity index (χ4n) is 1.91. The Bertz CT molecular complexity index is 543. The number of anilines is 1. The van der Waals surface area contributed by atoms with Crippen molar-refractivity contribution >= 4 is 11.6 Å². The van der Waals surface area contributed by atoms with Crippen LogP contribution in [0.3, 0.4) is 0 Å². The molecule has 0 aliphatic rings. The van der Waals surface area contributed by atoms with Gasteiger partial charge in [0.25, 0.3) is 0 Å². The van der Waals surface area contributed by atoms with Crippen molar-refractivity contribution in [2.75, 3.05) is 5.32 Å². The highest BCUT2D eigenvalue weighted by atomic mass is 16.2. The van der Waals surface area contributed by atoms with E-state index in [2.05, 4.69) is 15.5 Å². The van der Waals surface area contributed by atoms with E-state index in [1.807, 2.05) is 44.2 Å². The Kier molecular flexibility index (Phi) is 3.97. The van der Waals surface area contributed by atoms with E-state index in [-0.39, 0.29) is 5.91 Å². The maximum Gasteiger partial charge on any atom is 0.241 e. The van der Waals surface area contributed by atoms with Crippen LogP contribution in [0.4, 0.5) is 5.69 Å². The van der Waals surface area contributed by atoms with Crippen molar-refractivity contribution in [2.45, 2.75) is 26.3 Å². The van der Waals surface area contributed by atoms with Gasteiger partial charge in [0, 0.05) is 0 Å². The average molecular weight is 258 g/mol. The van der Waals surface area contributed by atoms with Gasteiger partial charge in [-0.2, -0.15) is 5.10 Å². The van der Waals surface area contributed by atoms with Crippen molar-refractivity contribution in [3.8, 4) is 0 Å². The van der Waals surface area contributed by atoms with Crippen LogP contribution in [-0.2, 0) is 11.2 Å². The monoisotopic (exact) mass is 258 g/mol. The molecule has 0 aliphatic heterocycles. The molecular weight excluding hydrogens is 240 g/mol. The van der Waals surface area contributed by atoms with Crippen LogP contribution in [0.2, 0.25) is 0 Å². The molecule has 1 aromatic carbocycles. The normalized spacial score (nSPS) is 12.2. The summed E-state index contributed by atoms with van der Waals surface area (Å²) in [5.74, 6) is -0.198. The van der Waals surface area contributed by atoms with Gasteiger partial charge < -0.3 is 11.1 Å². The summed E-state index contributed by atoms with van der Waals surface area (Å²) >= 11 is 0. The third-order valence-corrected chi connectivity index (χ3v) is 3.01. The summed E-state index contributed by atoms with van der Waals surface area (Å²) in [5, 5.41) is 9.68. The van der Waals surface area contributed by atoms with Gasteiger partial charge in [0.2, 0.25) is 5.91 Å². The van der Waals surface area contributed by atoms with Crippen molar-refractivity contribution in [1.29, 1.82) is 0 Å². The Morgan fingerprint density at radius 3 is 2.63 bits per heavy atom. The zero-order valence-corrected chi connectivity index (χ0v) is 11.1. The molecule has 0 spiro atoms. The summed E-state index contributed by atoms with van der Waals surface area (Å²) in [4.78, 5) is 12.0. The minimum Gasteiger partial charge on any atom is -0.322 e. The Morgan fingerprint density at radius 2 is 2.05 bits per heavy atom. The summed E-state index contributed by atoms with van der Waals surface area (Å²) in [6.45, 7) is 3.69. The standard InChI is InChI=1S/C14H18N4O/c1-9-13(10(2)18-17-9)16-14(19)12(15)8-11-6-4-3-5-7-11/h3-7,12H,8,15H2,1-2H3,(H,16,19)(H,17,18)/t12-/m1/s1. The van der Waals surface area contributed by atoms with Gasteiger partial charge in [-0.1, -0.05) is 30.3 Å². The number of rotatable bonds is 4. The molecular formula is C14H18N4O. The van der Waals surface area contributed by atoms with Crippen molar-refractivity contribution in [1.82, 2.24) is 10.2 Å². The molecule has 0 saturated heterocycles. The van der Waals surface area contributed by atoms with Gasteiger partial charge in [0.15, 0.2) is 0 Å². The van der Waals surface area contributed by atoms with Crippen LogP contribution in [0.25, 0.3) is 0 Å². The number of aromatic nitrogens is 2. The highest BCUT2D eigenvalue weighted by Gasteiger charge is 2.17. The summed E-state index contributed by atoms with van der Waals surface area (Å²) in [7, 11) is 0. The van der Waals surface area contributed by atoms with Gasteiger partial charge in [-0.05, 0) is 25.8 Å². The molecule has 100 valence electrons. The number of nitrogens with two attached hydrogens (primary N) is 1. The SMILES string of the molecule is Cc1n[nH]c(C)c1NC(=O)[C@H](N)Cc1ccccc1. The van der Waals surface area contributed by atoms with Crippen LogP contribution >= 0.6 is 0 Å². The summed E-state index contributed by atoms with van der Waals surface area (Å²) in [6.07, 6.45) is 0.516. The lowest BCUT2D eigenvalue weighted by Crippen LogP contribution is -2.37. The molecule has 2 aromatic rings. The number of nitrogens with one attached hydrogen (secondary N) is 2. The molecule has 1 aromatic heterocycles. The van der Waals surface area contributed by atoms with Gasteiger partial charge in [-0.3, -0.25) is 9.89 Å². The third-order valence-electron chi connectivity index (χ3n) is 3.01. The molecule has 0 aliphatic carbocycles. The summed E-state index contributed by atoms with van der Waals surface area (Å²) in [5.41, 5.74) is 9.28. The maximum atomic E-state index is 12.0. The molecule has 2 rings (SSSR count). The van der Waals surface area contributed by atoms with Crippen LogP contribution in [0.1, 0.15) is 17.0 Å². The molecule has 4 N–H and O–H groups in total. The van der Waals surface area contributed by atoms with E-state index in [9.17, 15) is 4.79 Å². The minimum absolute atomic E-state index is 0.198. The zero-order chi connectivity index (χ0) is 13.8. The second kappa shape index (κ2) is 5.67. The predicted octanol–water partition coefficient (Wildman–Crippen LogP) is 1.54. The second-order valence-corrected chi connectivity index (χ2v) is 4.59. The summed E-state index contributed by atoms with van der Waals surface area (Å²) < 4.78 is 0. The molecule has 1 heterocycles. The number of benzene rings is 1. The highest BCUT2D eigenvalue weighted by Crippen LogP contribution is 2.16. The molecule has 0 fully saturated rings. The van der Waals surface area contributed by atoms with Gasteiger partial charge >= 0.3 is 0 Å². The lowest BCUT2D eigenvalue weighted by atomic mass is 10.1. The van der Waals surface area contributed by atoms with Gasteiger partial charge in [-0.15, -0.1) is 0 Å². The summed E-state index contributed by atoms with van der Waals surface area (Å²) in [6, 6.07) is 9.15. The van der Waals surface area contributed by atoms with Crippen LogP contribution in [0, 0.1) is 13.8 Å². The van der Waals surface area contributed by atoms with E-state index in [4.69, 9.17) is 5.73 Å². The Labute approximate surface area is 112 Å². The number of amides is 1. The molecule has 0 saturated carbocycles. The third kappa shape index (κ3) is 3.20. The Hall–Kier alpha value is -2.14. The minimum atomic E-state index is -0.573. The van der Waals surface area contributed by atoms with E-state index in [0.29, 0.717) is 12.1 Å². The van der Waals surface area contributed by atoms with Gasteiger partial charge in [-0.25, -0.2) is 0 Å². The quantitative estimate of drug-likeness (QED) is 0.777. The number of carbonyl (C=O) groups is 1. The van der Waals surface area contributed by atoms with E-state index >= 15 is 0 Å². The number of aryl methyl sites for hydroxylation is 2. The molecule has 5 heteroatoms. The van der Waals surface area contributed by atoms with Crippen molar-refractivity contribution < 1.29 is 4.79 Å². The number of H-pyrrole nitrogens is 1. The number of carbonyl (C=O) groups excluding carboxylic acids is 1. The van der Waals surface area contributed by atoms with E-state index in [0.717, 1.165) is 17.0 Å². The van der Waals surface area contributed by atoms with Crippen LogP contribution in [0.5, 0.6) is 0 Å². The predicted molar refractivity (Wildman–Crippen MR) is 74.8 cm³/mol. The topological polar surface area (TPSA) is 83.8 Å². The highest BCUT2D eigenvalue weighted by molar-refractivity contribution is 5.95. The lowest BCUT2D eigenvalue weighted by Gasteiger charge is -2.12. The molecule has 19 heavy (non-hydrogen) atoms. The number of hydrogen-bond acceptors (Lipinski definition) is 3. The smallest absolute Gasteiger partial charge is 0.241 e. The first-order valence-corrected chi connectivity index (χ1v) is 6.20. The second-order valence-electron chi connectivity index (χ2n) is 4.59. The lowest BCUT2D eigenvalue weighted by molar-refractivity contribution is -0.117. The molecule has 1 atom stereocenters. The molecule has 0 unspecified atom stereocenters. The fourth-order valence-corrected chi connectivity index (χ4v) is 1.91. The van der Waals surface area contributed by atoms with Crippen molar-refractivity contribution in [3.63, 3.8) is 0 Å². The van der Waals surface area contributed by atoms with E-state index in [1.165, 1.54) is 0 Å². The van der Waals surface area contributed by atoms with E-state index < -0.39 is 6.04 Å². The van der Waals surface area contributed by atoms with Gasteiger partial charge in [0.1, 0.15) is 0 Å². The molecule has 0 bridgehead atoms. The maximum absolute atomic E-state index is 12.0. The molecule has 5 nitrogen and oxygen atoms in total. The fraction of sp³-hybridized carbons (Fsp3) is 0.286. The first kappa shape index (κ1) is 13.3.